The van der Waals surface area contributed by atoms with E-state index in [0.29, 0.717) is 6.61 Å². The normalized spacial score (nSPS) is 12.1. The molecule has 1 nitrogen and oxygen atoms in total. The van der Waals surface area contributed by atoms with Gasteiger partial charge >= 0.3 is 0 Å². The first-order valence-electron chi connectivity index (χ1n) is 3.68. The lowest BCUT2D eigenvalue weighted by atomic mass is 10.2. The second-order valence-electron chi connectivity index (χ2n) is 2.43. The molecule has 2 heteroatoms. The lowest BCUT2D eigenvalue weighted by molar-refractivity contribution is 0.285. The fraction of sp³-hybridized carbons (Fsp3) is 0.750. The number of allylic oxidation sites excluding steroid dienone is 1. The van der Waals surface area contributed by atoms with Crippen molar-refractivity contribution in [2.75, 3.05) is 12.4 Å². The summed E-state index contributed by atoms with van der Waals surface area (Å²) in [6.45, 7) is 2.39. The van der Waals surface area contributed by atoms with Crippen LogP contribution >= 0.6 is 12.6 Å². The summed E-state index contributed by atoms with van der Waals surface area (Å²) >= 11 is 4.12. The van der Waals surface area contributed by atoms with E-state index in [2.05, 4.69) is 25.6 Å². The lowest BCUT2D eigenvalue weighted by Crippen LogP contribution is -1.82. The highest BCUT2D eigenvalue weighted by atomic mass is 32.1. The number of hydrogen-bond donors (Lipinski definition) is 2. The van der Waals surface area contributed by atoms with Crippen LogP contribution in [0.15, 0.2) is 11.6 Å². The van der Waals surface area contributed by atoms with Crippen molar-refractivity contribution in [3.8, 4) is 0 Å². The van der Waals surface area contributed by atoms with Crippen LogP contribution in [0.5, 0.6) is 0 Å². The minimum atomic E-state index is 0.313. The minimum absolute atomic E-state index is 0.313. The summed E-state index contributed by atoms with van der Waals surface area (Å²) in [5, 5.41) is 8.45. The van der Waals surface area contributed by atoms with E-state index >= 15 is 0 Å². The molecule has 0 fully saturated rings. The molecule has 0 aliphatic rings. The predicted molar refractivity (Wildman–Crippen MR) is 48.5 cm³/mol. The van der Waals surface area contributed by atoms with Gasteiger partial charge in [-0.2, -0.15) is 12.6 Å². The molecular weight excluding hydrogens is 144 g/mol. The van der Waals surface area contributed by atoms with Crippen molar-refractivity contribution in [1.29, 1.82) is 0 Å². The van der Waals surface area contributed by atoms with Crippen LogP contribution in [-0.4, -0.2) is 17.5 Å². The molecule has 60 valence electrons. The first kappa shape index (κ1) is 10.0. The lowest BCUT2D eigenvalue weighted by Gasteiger charge is -1.94. The first-order valence-corrected chi connectivity index (χ1v) is 4.32. The van der Waals surface area contributed by atoms with Gasteiger partial charge < -0.3 is 5.11 Å². The Labute approximate surface area is 68.6 Å². The third-order valence-corrected chi connectivity index (χ3v) is 1.85. The number of rotatable bonds is 5. The maximum absolute atomic E-state index is 8.45. The Morgan fingerprint density at radius 3 is 2.70 bits per heavy atom. The molecule has 0 aromatic carbocycles. The van der Waals surface area contributed by atoms with E-state index < -0.39 is 0 Å². The summed E-state index contributed by atoms with van der Waals surface area (Å²) < 4.78 is 0. The largest absolute Gasteiger partial charge is 0.396 e. The number of aliphatic hydroxyl groups is 1. The van der Waals surface area contributed by atoms with Gasteiger partial charge in [-0.05, 0) is 26.2 Å². The Bertz CT molecular complexity index is 99.4. The van der Waals surface area contributed by atoms with Crippen molar-refractivity contribution in [2.24, 2.45) is 0 Å². The highest BCUT2D eigenvalue weighted by Gasteiger charge is 1.85. The zero-order valence-electron chi connectivity index (χ0n) is 6.51. The molecule has 0 amide bonds. The van der Waals surface area contributed by atoms with Gasteiger partial charge in [0.15, 0.2) is 0 Å². The first-order chi connectivity index (χ1) is 4.81. The van der Waals surface area contributed by atoms with E-state index in [1.54, 1.807) is 0 Å². The van der Waals surface area contributed by atoms with Gasteiger partial charge in [0.1, 0.15) is 0 Å². The molecular formula is C8H16OS. The molecule has 0 aromatic rings. The Hall–Kier alpha value is 0.0500. The molecule has 10 heavy (non-hydrogen) atoms. The number of hydrogen-bond acceptors (Lipinski definition) is 2. The summed E-state index contributed by atoms with van der Waals surface area (Å²) in [7, 11) is 0. The third-order valence-electron chi connectivity index (χ3n) is 1.35. The van der Waals surface area contributed by atoms with Crippen LogP contribution in [0.25, 0.3) is 0 Å². The highest BCUT2D eigenvalue weighted by molar-refractivity contribution is 7.80. The van der Waals surface area contributed by atoms with Gasteiger partial charge in [0.25, 0.3) is 0 Å². The quantitative estimate of drug-likeness (QED) is 0.358. The van der Waals surface area contributed by atoms with Crippen LogP contribution in [0.2, 0.25) is 0 Å². The maximum Gasteiger partial charge on any atom is 0.0431 e. The van der Waals surface area contributed by atoms with E-state index in [1.165, 1.54) is 5.57 Å². The van der Waals surface area contributed by atoms with Crippen LogP contribution in [0, 0.1) is 0 Å². The standard InChI is InChI=1S/C8H16OS/c1-8(7-10)5-3-2-4-6-9/h5,9-10H,2-4,6-7H2,1H3/b8-5+. The fourth-order valence-electron chi connectivity index (χ4n) is 0.669. The molecule has 0 saturated carbocycles. The zero-order chi connectivity index (χ0) is 7.82. The molecule has 0 aromatic heterocycles. The van der Waals surface area contributed by atoms with Crippen molar-refractivity contribution >= 4 is 12.6 Å². The second-order valence-corrected chi connectivity index (χ2v) is 2.74. The average molecular weight is 160 g/mol. The summed E-state index contributed by atoms with van der Waals surface area (Å²) in [5.74, 6) is 0.846. The molecule has 0 radical (unpaired) electrons. The third kappa shape index (κ3) is 6.17. The molecule has 0 aliphatic carbocycles. The van der Waals surface area contributed by atoms with Gasteiger partial charge in [-0.25, -0.2) is 0 Å². The van der Waals surface area contributed by atoms with Gasteiger partial charge in [0, 0.05) is 12.4 Å². The number of aliphatic hydroxyl groups excluding tert-OH is 1. The Morgan fingerprint density at radius 2 is 2.20 bits per heavy atom. The topological polar surface area (TPSA) is 20.2 Å². The molecule has 0 bridgehead atoms. The van der Waals surface area contributed by atoms with Crippen LogP contribution in [0.1, 0.15) is 26.2 Å². The van der Waals surface area contributed by atoms with E-state index in [4.69, 9.17) is 5.11 Å². The van der Waals surface area contributed by atoms with Crippen LogP contribution in [0.3, 0.4) is 0 Å². The van der Waals surface area contributed by atoms with Crippen molar-refractivity contribution in [3.05, 3.63) is 11.6 Å². The van der Waals surface area contributed by atoms with Crippen LogP contribution in [-0.2, 0) is 0 Å². The van der Waals surface area contributed by atoms with Crippen molar-refractivity contribution in [1.82, 2.24) is 0 Å². The minimum Gasteiger partial charge on any atom is -0.396 e. The van der Waals surface area contributed by atoms with Crippen LogP contribution in [0.4, 0.5) is 0 Å². The molecule has 1 N–H and O–H groups in total. The van der Waals surface area contributed by atoms with Gasteiger partial charge in [-0.1, -0.05) is 11.6 Å². The number of unbranched alkanes of at least 4 members (excludes halogenated alkanes) is 2. The maximum atomic E-state index is 8.45. The molecule has 0 spiro atoms. The monoisotopic (exact) mass is 160 g/mol. The molecule has 0 aliphatic heterocycles. The van der Waals surface area contributed by atoms with Gasteiger partial charge in [-0.15, -0.1) is 0 Å². The Balaban J connectivity index is 3.16. The smallest absolute Gasteiger partial charge is 0.0431 e. The van der Waals surface area contributed by atoms with Crippen LogP contribution < -0.4 is 0 Å². The highest BCUT2D eigenvalue weighted by Crippen LogP contribution is 2.01. The average Bonchev–Trinajstić information content (AvgIpc) is 1.98. The molecule has 0 unspecified atom stereocenters. The fourth-order valence-corrected chi connectivity index (χ4v) is 0.798. The number of thiol groups is 1. The Morgan fingerprint density at radius 1 is 1.50 bits per heavy atom. The summed E-state index contributed by atoms with van der Waals surface area (Å²) in [6.07, 6.45) is 5.26. The predicted octanol–water partition coefficient (Wildman–Crippen LogP) is 2.03. The van der Waals surface area contributed by atoms with Crippen molar-refractivity contribution < 1.29 is 5.11 Å². The van der Waals surface area contributed by atoms with E-state index in [0.717, 1.165) is 25.0 Å². The molecule has 0 rings (SSSR count). The molecule has 0 saturated heterocycles. The van der Waals surface area contributed by atoms with Crippen molar-refractivity contribution in [2.45, 2.75) is 26.2 Å². The summed E-state index contributed by atoms with van der Waals surface area (Å²) in [4.78, 5) is 0. The molecule has 0 heterocycles. The summed E-state index contributed by atoms with van der Waals surface area (Å²) in [6, 6.07) is 0. The molecule has 0 atom stereocenters. The van der Waals surface area contributed by atoms with E-state index in [-0.39, 0.29) is 0 Å². The second kappa shape index (κ2) is 7.16. The zero-order valence-corrected chi connectivity index (χ0v) is 7.40. The van der Waals surface area contributed by atoms with Gasteiger partial charge in [0.2, 0.25) is 0 Å². The van der Waals surface area contributed by atoms with E-state index in [9.17, 15) is 0 Å². The summed E-state index contributed by atoms with van der Waals surface area (Å²) in [5.41, 5.74) is 1.32. The van der Waals surface area contributed by atoms with Gasteiger partial charge in [0.05, 0.1) is 0 Å². The van der Waals surface area contributed by atoms with Crippen molar-refractivity contribution in [3.63, 3.8) is 0 Å². The Kier molecular flexibility index (Phi) is 7.20. The van der Waals surface area contributed by atoms with Gasteiger partial charge in [-0.3, -0.25) is 0 Å². The SMILES string of the molecule is C/C(=C\CCCCO)CS. The van der Waals surface area contributed by atoms with E-state index in [1.807, 2.05) is 0 Å².